The summed E-state index contributed by atoms with van der Waals surface area (Å²) < 4.78 is 0. The molecule has 0 aromatic heterocycles. The van der Waals surface area contributed by atoms with Gasteiger partial charge in [0, 0.05) is 18.2 Å². The van der Waals surface area contributed by atoms with Crippen LogP contribution in [-0.2, 0) is 6.42 Å². The number of hydrogen-bond donors (Lipinski definition) is 2. The number of benzene rings is 2. The van der Waals surface area contributed by atoms with Crippen molar-refractivity contribution < 1.29 is 0 Å². The zero-order valence-electron chi connectivity index (χ0n) is 11.7. The number of fused-ring (bicyclic) bond motifs is 3. The Hall–Kier alpha value is -1.80. The maximum absolute atomic E-state index is 3.78. The Morgan fingerprint density at radius 3 is 2.60 bits per heavy atom. The van der Waals surface area contributed by atoms with Crippen LogP contribution in [0.1, 0.15) is 24.0 Å². The van der Waals surface area contributed by atoms with Crippen LogP contribution in [0.3, 0.4) is 0 Å². The zero-order valence-corrected chi connectivity index (χ0v) is 11.7. The highest BCUT2D eigenvalue weighted by molar-refractivity contribution is 5.82. The standard InChI is InChI=1S/C18H20N2/c1-2-5-15-13(4-1)12-17-16(15)6-3-7-18(17)20-14-8-10-19-11-9-14/h1-7,14,19-20H,8-12H2. The van der Waals surface area contributed by atoms with E-state index < -0.39 is 0 Å². The average molecular weight is 264 g/mol. The number of anilines is 1. The fraction of sp³-hybridized carbons (Fsp3) is 0.333. The number of hydrogen-bond acceptors (Lipinski definition) is 2. The van der Waals surface area contributed by atoms with Crippen LogP contribution in [0.25, 0.3) is 11.1 Å². The first-order valence-electron chi connectivity index (χ1n) is 7.59. The second kappa shape index (κ2) is 4.95. The monoisotopic (exact) mass is 264 g/mol. The van der Waals surface area contributed by atoms with E-state index >= 15 is 0 Å². The van der Waals surface area contributed by atoms with E-state index in [2.05, 4.69) is 53.1 Å². The fourth-order valence-electron chi connectivity index (χ4n) is 3.48. The van der Waals surface area contributed by atoms with Crippen molar-refractivity contribution >= 4 is 5.69 Å². The molecule has 2 heteroatoms. The third-order valence-corrected chi connectivity index (χ3v) is 4.55. The van der Waals surface area contributed by atoms with Gasteiger partial charge in [-0.2, -0.15) is 0 Å². The number of piperidine rings is 1. The first-order valence-corrected chi connectivity index (χ1v) is 7.59. The first-order chi connectivity index (χ1) is 9.92. The molecule has 0 bridgehead atoms. The Bertz CT molecular complexity index is 627. The van der Waals surface area contributed by atoms with Gasteiger partial charge in [-0.15, -0.1) is 0 Å². The van der Waals surface area contributed by atoms with E-state index in [1.807, 2.05) is 0 Å². The zero-order chi connectivity index (χ0) is 13.4. The smallest absolute Gasteiger partial charge is 0.0384 e. The Labute approximate surface area is 120 Å². The summed E-state index contributed by atoms with van der Waals surface area (Å²) in [6.07, 6.45) is 3.51. The summed E-state index contributed by atoms with van der Waals surface area (Å²) in [6.45, 7) is 2.26. The predicted octanol–water partition coefficient (Wildman–Crippen LogP) is 3.42. The van der Waals surface area contributed by atoms with Crippen molar-refractivity contribution in [1.82, 2.24) is 5.32 Å². The molecule has 2 aromatic carbocycles. The molecule has 2 aliphatic rings. The van der Waals surface area contributed by atoms with Gasteiger partial charge in [0.25, 0.3) is 0 Å². The summed E-state index contributed by atoms with van der Waals surface area (Å²) in [7, 11) is 0. The molecule has 0 saturated carbocycles. The summed E-state index contributed by atoms with van der Waals surface area (Å²) in [4.78, 5) is 0. The molecule has 0 radical (unpaired) electrons. The SMILES string of the molecule is c1ccc2c(c1)Cc1c(NC3CCNCC3)cccc1-2. The average Bonchev–Trinajstić information content (AvgIpc) is 2.88. The lowest BCUT2D eigenvalue weighted by Gasteiger charge is -2.25. The molecular formula is C18H20N2. The molecule has 0 amide bonds. The van der Waals surface area contributed by atoms with Crippen molar-refractivity contribution in [3.8, 4) is 11.1 Å². The van der Waals surface area contributed by atoms with Crippen LogP contribution in [0.5, 0.6) is 0 Å². The van der Waals surface area contributed by atoms with E-state index in [1.165, 1.54) is 40.8 Å². The van der Waals surface area contributed by atoms with Crippen LogP contribution in [-0.4, -0.2) is 19.1 Å². The van der Waals surface area contributed by atoms with Gasteiger partial charge in [0.1, 0.15) is 0 Å². The van der Waals surface area contributed by atoms with Gasteiger partial charge in [-0.3, -0.25) is 0 Å². The maximum Gasteiger partial charge on any atom is 0.0384 e. The van der Waals surface area contributed by atoms with Crippen LogP contribution < -0.4 is 10.6 Å². The first kappa shape index (κ1) is 12.0. The van der Waals surface area contributed by atoms with Crippen LogP contribution in [0.2, 0.25) is 0 Å². The predicted molar refractivity (Wildman–Crippen MR) is 84.2 cm³/mol. The Morgan fingerprint density at radius 1 is 0.900 bits per heavy atom. The molecule has 2 N–H and O–H groups in total. The van der Waals surface area contributed by atoms with Crippen molar-refractivity contribution in [1.29, 1.82) is 0 Å². The Kier molecular flexibility index (Phi) is 2.96. The molecule has 1 heterocycles. The van der Waals surface area contributed by atoms with Gasteiger partial charge in [-0.05, 0) is 54.3 Å². The molecule has 2 nitrogen and oxygen atoms in total. The van der Waals surface area contributed by atoms with Crippen molar-refractivity contribution in [2.75, 3.05) is 18.4 Å². The van der Waals surface area contributed by atoms with Gasteiger partial charge >= 0.3 is 0 Å². The van der Waals surface area contributed by atoms with Gasteiger partial charge in [0.2, 0.25) is 0 Å². The molecule has 2 aromatic rings. The normalized spacial score (nSPS) is 17.6. The molecule has 102 valence electrons. The molecule has 0 unspecified atom stereocenters. The van der Waals surface area contributed by atoms with Gasteiger partial charge < -0.3 is 10.6 Å². The van der Waals surface area contributed by atoms with Crippen LogP contribution in [0.4, 0.5) is 5.69 Å². The summed E-state index contributed by atoms with van der Waals surface area (Å²) in [5.74, 6) is 0. The van der Waals surface area contributed by atoms with Crippen molar-refractivity contribution in [2.45, 2.75) is 25.3 Å². The van der Waals surface area contributed by atoms with Crippen molar-refractivity contribution in [2.24, 2.45) is 0 Å². The van der Waals surface area contributed by atoms with Crippen LogP contribution in [0.15, 0.2) is 42.5 Å². The third-order valence-electron chi connectivity index (χ3n) is 4.55. The second-order valence-electron chi connectivity index (χ2n) is 5.83. The van der Waals surface area contributed by atoms with Crippen molar-refractivity contribution in [3.63, 3.8) is 0 Å². The largest absolute Gasteiger partial charge is 0.382 e. The minimum atomic E-state index is 0.617. The summed E-state index contributed by atoms with van der Waals surface area (Å²) in [5.41, 5.74) is 7.11. The lowest BCUT2D eigenvalue weighted by molar-refractivity contribution is 0.479. The molecule has 0 spiro atoms. The van der Waals surface area contributed by atoms with E-state index in [4.69, 9.17) is 0 Å². The van der Waals surface area contributed by atoms with Crippen LogP contribution >= 0.6 is 0 Å². The van der Waals surface area contributed by atoms with E-state index in [0.717, 1.165) is 19.5 Å². The molecule has 1 saturated heterocycles. The Morgan fingerprint density at radius 2 is 1.70 bits per heavy atom. The van der Waals surface area contributed by atoms with Gasteiger partial charge in [0.15, 0.2) is 0 Å². The Balaban J connectivity index is 1.66. The molecular weight excluding hydrogens is 244 g/mol. The van der Waals surface area contributed by atoms with Gasteiger partial charge in [-0.25, -0.2) is 0 Å². The molecule has 0 atom stereocenters. The maximum atomic E-state index is 3.78. The number of nitrogens with one attached hydrogen (secondary N) is 2. The highest BCUT2D eigenvalue weighted by Crippen LogP contribution is 2.40. The summed E-state index contributed by atoms with van der Waals surface area (Å²) >= 11 is 0. The van der Waals surface area contributed by atoms with E-state index in [1.54, 1.807) is 0 Å². The lowest BCUT2D eigenvalue weighted by atomic mass is 10.0. The highest BCUT2D eigenvalue weighted by atomic mass is 15.0. The van der Waals surface area contributed by atoms with E-state index in [9.17, 15) is 0 Å². The molecule has 1 aliphatic heterocycles. The lowest BCUT2D eigenvalue weighted by Crippen LogP contribution is -2.35. The molecule has 4 rings (SSSR count). The van der Waals surface area contributed by atoms with E-state index in [-0.39, 0.29) is 0 Å². The van der Waals surface area contributed by atoms with Crippen molar-refractivity contribution in [3.05, 3.63) is 53.6 Å². The molecule has 1 fully saturated rings. The minimum Gasteiger partial charge on any atom is -0.382 e. The minimum absolute atomic E-state index is 0.617. The topological polar surface area (TPSA) is 24.1 Å². The second-order valence-corrected chi connectivity index (χ2v) is 5.83. The van der Waals surface area contributed by atoms with Gasteiger partial charge in [-0.1, -0.05) is 36.4 Å². The molecule has 20 heavy (non-hydrogen) atoms. The van der Waals surface area contributed by atoms with Crippen LogP contribution in [0, 0.1) is 0 Å². The third kappa shape index (κ3) is 2.01. The highest BCUT2D eigenvalue weighted by Gasteiger charge is 2.22. The summed E-state index contributed by atoms with van der Waals surface area (Å²) in [5, 5.41) is 7.20. The quantitative estimate of drug-likeness (QED) is 0.741. The fourth-order valence-corrected chi connectivity index (χ4v) is 3.48. The molecule has 1 aliphatic carbocycles. The number of rotatable bonds is 2. The van der Waals surface area contributed by atoms with E-state index in [0.29, 0.717) is 6.04 Å². The van der Waals surface area contributed by atoms with Gasteiger partial charge in [0.05, 0.1) is 0 Å². The summed E-state index contributed by atoms with van der Waals surface area (Å²) in [6, 6.07) is 16.1.